The number of aromatic nitrogens is 3. The second kappa shape index (κ2) is 7.88. The van der Waals surface area contributed by atoms with Crippen LogP contribution in [0.2, 0.25) is 0 Å². The Hall–Kier alpha value is -2.73. The van der Waals surface area contributed by atoms with Crippen LogP contribution in [0.1, 0.15) is 36.6 Å². The molecule has 2 N–H and O–H groups in total. The zero-order valence-corrected chi connectivity index (χ0v) is 15.6. The predicted molar refractivity (Wildman–Crippen MR) is 107 cm³/mol. The third-order valence-corrected chi connectivity index (χ3v) is 5.31. The molecule has 1 fully saturated rings. The van der Waals surface area contributed by atoms with Gasteiger partial charge < -0.3 is 15.2 Å². The second-order valence-electron chi connectivity index (χ2n) is 7.25. The molecule has 0 aliphatic carbocycles. The fourth-order valence-electron chi connectivity index (χ4n) is 3.74. The molecular formula is C21H25N5O. The van der Waals surface area contributed by atoms with Crippen molar-refractivity contribution < 1.29 is 4.79 Å². The van der Waals surface area contributed by atoms with Gasteiger partial charge in [-0.25, -0.2) is 4.98 Å². The minimum Gasteiger partial charge on any atom is -0.342 e. The van der Waals surface area contributed by atoms with E-state index in [4.69, 9.17) is 4.98 Å². The molecule has 1 aromatic carbocycles. The van der Waals surface area contributed by atoms with E-state index >= 15 is 0 Å². The normalized spacial score (nSPS) is 15.9. The monoisotopic (exact) mass is 363 g/mol. The molecule has 0 radical (unpaired) electrons. The van der Waals surface area contributed by atoms with Gasteiger partial charge in [0.25, 0.3) is 0 Å². The second-order valence-corrected chi connectivity index (χ2v) is 7.25. The van der Waals surface area contributed by atoms with Crippen LogP contribution in [0.25, 0.3) is 11.0 Å². The molecular weight excluding hydrogens is 338 g/mol. The first-order chi connectivity index (χ1) is 13.2. The molecule has 0 spiro atoms. The van der Waals surface area contributed by atoms with Crippen LogP contribution >= 0.6 is 0 Å². The molecule has 1 saturated heterocycles. The molecule has 27 heavy (non-hydrogen) atoms. The minimum absolute atomic E-state index is 0.0397. The number of carbonyl (C=O) groups excluding carboxylic acids is 1. The summed E-state index contributed by atoms with van der Waals surface area (Å²) in [7, 11) is 0. The van der Waals surface area contributed by atoms with Gasteiger partial charge in [0.1, 0.15) is 5.82 Å². The van der Waals surface area contributed by atoms with Crippen LogP contribution in [0.15, 0.2) is 42.7 Å². The summed E-state index contributed by atoms with van der Waals surface area (Å²) in [6.07, 6.45) is 6.01. The van der Waals surface area contributed by atoms with Crippen molar-refractivity contribution in [3.8, 4) is 0 Å². The minimum atomic E-state index is 0.0397. The van der Waals surface area contributed by atoms with Crippen molar-refractivity contribution in [2.45, 2.75) is 32.1 Å². The number of para-hydroxylation sites is 1. The summed E-state index contributed by atoms with van der Waals surface area (Å²) in [4.78, 5) is 26.8. The average molecular weight is 363 g/mol. The molecule has 6 heteroatoms. The molecule has 0 saturated carbocycles. The Kier molecular flexibility index (Phi) is 5.16. The van der Waals surface area contributed by atoms with Gasteiger partial charge in [-0.05, 0) is 56.6 Å². The SMILES string of the molecule is Cc1cccc2[nH]c(C3CCN(CCC(=O)Nc4cccnc4)CC3)nc12. The first-order valence-electron chi connectivity index (χ1n) is 9.56. The molecule has 3 aromatic rings. The summed E-state index contributed by atoms with van der Waals surface area (Å²) in [5, 5.41) is 2.89. The van der Waals surface area contributed by atoms with Crippen LogP contribution < -0.4 is 5.32 Å². The van der Waals surface area contributed by atoms with E-state index in [9.17, 15) is 4.79 Å². The summed E-state index contributed by atoms with van der Waals surface area (Å²) < 4.78 is 0. The smallest absolute Gasteiger partial charge is 0.225 e. The number of amides is 1. The van der Waals surface area contributed by atoms with E-state index in [1.807, 2.05) is 12.1 Å². The summed E-state index contributed by atoms with van der Waals surface area (Å²) in [5.74, 6) is 1.61. The molecule has 0 bridgehead atoms. The highest BCUT2D eigenvalue weighted by Crippen LogP contribution is 2.28. The van der Waals surface area contributed by atoms with Gasteiger partial charge >= 0.3 is 0 Å². The van der Waals surface area contributed by atoms with Gasteiger partial charge in [0.05, 0.1) is 22.9 Å². The lowest BCUT2D eigenvalue weighted by Crippen LogP contribution is -2.35. The lowest BCUT2D eigenvalue weighted by molar-refractivity contribution is -0.116. The Bertz CT molecular complexity index is 913. The van der Waals surface area contributed by atoms with Gasteiger partial charge in [0, 0.05) is 25.1 Å². The van der Waals surface area contributed by atoms with Gasteiger partial charge in [-0.1, -0.05) is 12.1 Å². The molecule has 1 aliphatic rings. The van der Waals surface area contributed by atoms with Crippen molar-refractivity contribution in [1.29, 1.82) is 0 Å². The van der Waals surface area contributed by atoms with Crippen molar-refractivity contribution in [3.63, 3.8) is 0 Å². The third-order valence-electron chi connectivity index (χ3n) is 5.31. The Morgan fingerprint density at radius 2 is 2.11 bits per heavy atom. The molecule has 4 rings (SSSR count). The van der Waals surface area contributed by atoms with Gasteiger partial charge in [-0.3, -0.25) is 9.78 Å². The number of hydrogen-bond acceptors (Lipinski definition) is 4. The maximum Gasteiger partial charge on any atom is 0.225 e. The van der Waals surface area contributed by atoms with E-state index < -0.39 is 0 Å². The number of H-pyrrole nitrogens is 1. The molecule has 6 nitrogen and oxygen atoms in total. The van der Waals surface area contributed by atoms with E-state index in [0.29, 0.717) is 12.3 Å². The third kappa shape index (κ3) is 4.17. The van der Waals surface area contributed by atoms with E-state index in [1.54, 1.807) is 12.4 Å². The summed E-state index contributed by atoms with van der Waals surface area (Å²) in [5.41, 5.74) is 4.18. The van der Waals surface area contributed by atoms with Gasteiger partial charge in [-0.2, -0.15) is 0 Å². The van der Waals surface area contributed by atoms with E-state index in [2.05, 4.69) is 45.3 Å². The number of rotatable bonds is 5. The largest absolute Gasteiger partial charge is 0.342 e. The van der Waals surface area contributed by atoms with Crippen molar-refractivity contribution >= 4 is 22.6 Å². The number of hydrogen-bond donors (Lipinski definition) is 2. The number of aryl methyl sites for hydroxylation is 1. The average Bonchev–Trinajstić information content (AvgIpc) is 3.13. The molecule has 1 aliphatic heterocycles. The highest BCUT2D eigenvalue weighted by Gasteiger charge is 2.23. The highest BCUT2D eigenvalue weighted by atomic mass is 16.1. The number of fused-ring (bicyclic) bond motifs is 1. The van der Waals surface area contributed by atoms with E-state index in [-0.39, 0.29) is 5.91 Å². The van der Waals surface area contributed by atoms with Crippen LogP contribution in [0.3, 0.4) is 0 Å². The molecule has 2 aromatic heterocycles. The van der Waals surface area contributed by atoms with Crippen LogP contribution in [0.5, 0.6) is 0 Å². The van der Waals surface area contributed by atoms with Crippen molar-refractivity contribution in [2.24, 2.45) is 0 Å². The highest BCUT2D eigenvalue weighted by molar-refractivity contribution is 5.90. The Morgan fingerprint density at radius 3 is 2.85 bits per heavy atom. The summed E-state index contributed by atoms with van der Waals surface area (Å²) in [6.45, 7) is 4.89. The topological polar surface area (TPSA) is 73.9 Å². The quantitative estimate of drug-likeness (QED) is 0.728. The maximum absolute atomic E-state index is 12.1. The number of nitrogens with zero attached hydrogens (tertiary/aromatic N) is 3. The molecule has 3 heterocycles. The lowest BCUT2D eigenvalue weighted by atomic mass is 9.96. The number of anilines is 1. The first-order valence-corrected chi connectivity index (χ1v) is 9.56. The molecule has 140 valence electrons. The molecule has 1 amide bonds. The number of aromatic amines is 1. The number of pyridine rings is 1. The number of nitrogens with one attached hydrogen (secondary N) is 2. The number of imidazole rings is 1. The first kappa shape index (κ1) is 17.7. The maximum atomic E-state index is 12.1. The van der Waals surface area contributed by atoms with Crippen molar-refractivity contribution in [1.82, 2.24) is 19.9 Å². The van der Waals surface area contributed by atoms with E-state index in [0.717, 1.165) is 55.0 Å². The zero-order chi connectivity index (χ0) is 18.6. The predicted octanol–water partition coefficient (Wildman–Crippen LogP) is 3.47. The Morgan fingerprint density at radius 1 is 1.26 bits per heavy atom. The fraction of sp³-hybridized carbons (Fsp3) is 0.381. The van der Waals surface area contributed by atoms with E-state index in [1.165, 1.54) is 5.56 Å². The Labute approximate surface area is 159 Å². The number of benzene rings is 1. The van der Waals surface area contributed by atoms with Crippen molar-refractivity contribution in [2.75, 3.05) is 25.0 Å². The summed E-state index contributed by atoms with van der Waals surface area (Å²) in [6, 6.07) is 9.94. The van der Waals surface area contributed by atoms with Crippen LogP contribution in [-0.2, 0) is 4.79 Å². The van der Waals surface area contributed by atoms with Crippen molar-refractivity contribution in [3.05, 3.63) is 54.1 Å². The summed E-state index contributed by atoms with van der Waals surface area (Å²) >= 11 is 0. The van der Waals surface area contributed by atoms with Gasteiger partial charge in [0.2, 0.25) is 5.91 Å². The number of piperidine rings is 1. The Balaban J connectivity index is 1.27. The van der Waals surface area contributed by atoms with Crippen LogP contribution in [0, 0.1) is 6.92 Å². The molecule has 0 unspecified atom stereocenters. The van der Waals surface area contributed by atoms with Gasteiger partial charge in [-0.15, -0.1) is 0 Å². The zero-order valence-electron chi connectivity index (χ0n) is 15.6. The number of carbonyl (C=O) groups is 1. The lowest BCUT2D eigenvalue weighted by Gasteiger charge is -2.30. The van der Waals surface area contributed by atoms with Crippen LogP contribution in [0.4, 0.5) is 5.69 Å². The molecule has 0 atom stereocenters. The standard InChI is InChI=1S/C21H25N5O/c1-15-4-2-6-18-20(15)25-21(24-18)16-7-11-26(12-8-16)13-9-19(27)23-17-5-3-10-22-14-17/h2-6,10,14,16H,7-9,11-13H2,1H3,(H,23,27)(H,24,25). The van der Waals surface area contributed by atoms with Gasteiger partial charge in [0.15, 0.2) is 0 Å². The number of likely N-dealkylation sites (tertiary alicyclic amines) is 1. The van der Waals surface area contributed by atoms with Crippen LogP contribution in [-0.4, -0.2) is 45.4 Å². The fourth-order valence-corrected chi connectivity index (χ4v) is 3.74.